The van der Waals surface area contributed by atoms with Crippen molar-refractivity contribution in [2.45, 2.75) is 25.7 Å². The minimum Gasteiger partial charge on any atom is -0.368 e. The molecule has 4 rings (SSSR count). The van der Waals surface area contributed by atoms with Crippen molar-refractivity contribution in [2.75, 3.05) is 37.6 Å². The second-order valence-electron chi connectivity index (χ2n) is 7.17. The number of hydrogen-bond acceptors (Lipinski definition) is 2. The van der Waals surface area contributed by atoms with Crippen LogP contribution in [-0.2, 0) is 0 Å². The van der Waals surface area contributed by atoms with Gasteiger partial charge in [0.2, 0.25) is 0 Å². The zero-order valence-corrected chi connectivity index (χ0v) is 13.4. The summed E-state index contributed by atoms with van der Waals surface area (Å²) in [7, 11) is 0. The van der Waals surface area contributed by atoms with Gasteiger partial charge in [0.05, 0.1) is 10.7 Å². The summed E-state index contributed by atoms with van der Waals surface area (Å²) in [6.45, 7) is 5.96. The van der Waals surface area contributed by atoms with E-state index in [2.05, 4.69) is 21.9 Å². The molecule has 1 aromatic rings. The molecule has 21 heavy (non-hydrogen) atoms. The maximum absolute atomic E-state index is 6.32. The van der Waals surface area contributed by atoms with Gasteiger partial charge in [-0.1, -0.05) is 30.2 Å². The van der Waals surface area contributed by atoms with Gasteiger partial charge in [-0.15, -0.1) is 0 Å². The van der Waals surface area contributed by atoms with Crippen LogP contribution in [0.3, 0.4) is 0 Å². The molecule has 3 aliphatic rings. The van der Waals surface area contributed by atoms with Crippen LogP contribution in [0.2, 0.25) is 5.02 Å². The largest absolute Gasteiger partial charge is 0.368 e. The Morgan fingerprint density at radius 2 is 1.81 bits per heavy atom. The molecule has 2 bridgehead atoms. The third-order valence-corrected chi connectivity index (χ3v) is 6.26. The summed E-state index contributed by atoms with van der Waals surface area (Å²) in [4.78, 5) is 5.14. The van der Waals surface area contributed by atoms with Gasteiger partial charge < -0.3 is 4.90 Å². The molecule has 0 radical (unpaired) electrons. The van der Waals surface area contributed by atoms with Gasteiger partial charge in [-0.3, -0.25) is 4.90 Å². The summed E-state index contributed by atoms with van der Waals surface area (Å²) in [5, 5.41) is 0.888. The van der Waals surface area contributed by atoms with E-state index < -0.39 is 0 Å². The first-order valence-electron chi connectivity index (χ1n) is 8.51. The van der Waals surface area contributed by atoms with Crippen molar-refractivity contribution in [1.29, 1.82) is 0 Å². The van der Waals surface area contributed by atoms with Gasteiger partial charge in [-0.05, 0) is 49.1 Å². The maximum atomic E-state index is 6.32. The minimum atomic E-state index is 0.888. The fraction of sp³-hybridized carbons (Fsp3) is 0.667. The highest BCUT2D eigenvalue weighted by Crippen LogP contribution is 2.48. The first-order chi connectivity index (χ1) is 10.3. The van der Waals surface area contributed by atoms with E-state index in [1.807, 2.05) is 12.1 Å². The molecular formula is C18H25ClN2. The number of halogens is 1. The first-order valence-corrected chi connectivity index (χ1v) is 8.89. The van der Waals surface area contributed by atoms with Gasteiger partial charge in [0.1, 0.15) is 0 Å². The van der Waals surface area contributed by atoms with Gasteiger partial charge in [0, 0.05) is 32.7 Å². The Kier molecular flexibility index (Phi) is 3.85. The monoisotopic (exact) mass is 304 g/mol. The molecule has 1 heterocycles. The summed E-state index contributed by atoms with van der Waals surface area (Å²) in [6.07, 6.45) is 6.07. The number of anilines is 1. The quantitative estimate of drug-likeness (QED) is 0.835. The van der Waals surface area contributed by atoms with Gasteiger partial charge in [-0.2, -0.15) is 0 Å². The normalized spacial score (nSPS) is 32.8. The van der Waals surface area contributed by atoms with Crippen LogP contribution >= 0.6 is 11.6 Å². The fourth-order valence-corrected chi connectivity index (χ4v) is 5.07. The van der Waals surface area contributed by atoms with Crippen molar-refractivity contribution >= 4 is 17.3 Å². The van der Waals surface area contributed by atoms with Crippen molar-refractivity contribution in [3.8, 4) is 0 Å². The predicted molar refractivity (Wildman–Crippen MR) is 89.0 cm³/mol. The summed E-state index contributed by atoms with van der Waals surface area (Å²) in [5.74, 6) is 3.12. The summed E-state index contributed by atoms with van der Waals surface area (Å²) >= 11 is 6.32. The molecule has 0 amide bonds. The van der Waals surface area contributed by atoms with Crippen LogP contribution in [0.25, 0.3) is 0 Å². The Balaban J connectivity index is 1.32. The Bertz CT molecular complexity index is 496. The van der Waals surface area contributed by atoms with Crippen LogP contribution in [-0.4, -0.2) is 37.6 Å². The number of piperazine rings is 1. The number of para-hydroxylation sites is 1. The topological polar surface area (TPSA) is 6.48 Å². The summed E-state index contributed by atoms with van der Waals surface area (Å²) < 4.78 is 0. The second kappa shape index (κ2) is 5.81. The van der Waals surface area contributed by atoms with E-state index in [4.69, 9.17) is 11.6 Å². The molecule has 0 unspecified atom stereocenters. The van der Waals surface area contributed by atoms with Crippen molar-refractivity contribution in [2.24, 2.45) is 17.8 Å². The predicted octanol–water partition coefficient (Wildman–Crippen LogP) is 3.90. The number of nitrogens with zero attached hydrogens (tertiary/aromatic N) is 2. The number of benzene rings is 1. The van der Waals surface area contributed by atoms with E-state index >= 15 is 0 Å². The Morgan fingerprint density at radius 3 is 2.48 bits per heavy atom. The molecule has 114 valence electrons. The highest BCUT2D eigenvalue weighted by atomic mass is 35.5. The molecule has 1 aliphatic heterocycles. The number of rotatable bonds is 3. The standard InChI is InChI=1S/C18H25ClN2/c19-17-3-1-2-4-18(17)21-9-7-20(8-10-21)13-16-12-14-5-6-15(16)11-14/h1-4,14-16H,5-13H2/t14-,15-,16-/m0/s1. The van der Waals surface area contributed by atoms with E-state index in [-0.39, 0.29) is 0 Å². The molecule has 0 spiro atoms. The van der Waals surface area contributed by atoms with Crippen LogP contribution in [0.15, 0.2) is 24.3 Å². The molecule has 1 aromatic carbocycles. The van der Waals surface area contributed by atoms with Gasteiger partial charge in [-0.25, -0.2) is 0 Å². The van der Waals surface area contributed by atoms with Gasteiger partial charge in [0.15, 0.2) is 0 Å². The van der Waals surface area contributed by atoms with Crippen LogP contribution < -0.4 is 4.90 Å². The minimum absolute atomic E-state index is 0.888. The second-order valence-corrected chi connectivity index (χ2v) is 7.58. The zero-order chi connectivity index (χ0) is 14.2. The van der Waals surface area contributed by atoms with Crippen molar-refractivity contribution in [3.63, 3.8) is 0 Å². The zero-order valence-electron chi connectivity index (χ0n) is 12.7. The number of fused-ring (bicyclic) bond motifs is 2. The third-order valence-electron chi connectivity index (χ3n) is 5.94. The Morgan fingerprint density at radius 1 is 1.00 bits per heavy atom. The van der Waals surface area contributed by atoms with Crippen LogP contribution in [0, 0.1) is 17.8 Å². The maximum Gasteiger partial charge on any atom is 0.0639 e. The molecule has 0 N–H and O–H groups in total. The molecule has 0 aromatic heterocycles. The molecular weight excluding hydrogens is 280 g/mol. The van der Waals surface area contributed by atoms with Crippen LogP contribution in [0.5, 0.6) is 0 Å². The Hall–Kier alpha value is -0.730. The average molecular weight is 305 g/mol. The van der Waals surface area contributed by atoms with Gasteiger partial charge >= 0.3 is 0 Å². The van der Waals surface area contributed by atoms with Crippen molar-refractivity contribution in [1.82, 2.24) is 4.90 Å². The van der Waals surface area contributed by atoms with Crippen LogP contribution in [0.1, 0.15) is 25.7 Å². The molecule has 2 saturated carbocycles. The summed E-state index contributed by atoms with van der Waals surface area (Å²) in [6, 6.07) is 8.24. The van der Waals surface area contributed by atoms with E-state index in [0.29, 0.717) is 0 Å². The smallest absolute Gasteiger partial charge is 0.0639 e. The fourth-order valence-electron chi connectivity index (χ4n) is 4.81. The lowest BCUT2D eigenvalue weighted by atomic mass is 9.88. The summed E-state index contributed by atoms with van der Waals surface area (Å²) in [5.41, 5.74) is 1.21. The first kappa shape index (κ1) is 13.9. The lowest BCUT2D eigenvalue weighted by Crippen LogP contribution is -2.48. The SMILES string of the molecule is Clc1ccccc1N1CCN(C[C@@H]2C[C@H]3CC[C@H]2C3)CC1. The van der Waals surface area contributed by atoms with E-state index in [0.717, 1.165) is 35.9 Å². The number of hydrogen-bond donors (Lipinski definition) is 0. The molecule has 3 heteroatoms. The molecule has 3 atom stereocenters. The molecule has 1 saturated heterocycles. The highest BCUT2D eigenvalue weighted by molar-refractivity contribution is 6.33. The van der Waals surface area contributed by atoms with Crippen molar-refractivity contribution in [3.05, 3.63) is 29.3 Å². The molecule has 2 nitrogen and oxygen atoms in total. The average Bonchev–Trinajstić information content (AvgIpc) is 3.11. The Labute approximate surface area is 133 Å². The molecule has 2 aliphatic carbocycles. The lowest BCUT2D eigenvalue weighted by Gasteiger charge is -2.38. The van der Waals surface area contributed by atoms with E-state index in [9.17, 15) is 0 Å². The lowest BCUT2D eigenvalue weighted by molar-refractivity contribution is 0.182. The van der Waals surface area contributed by atoms with Gasteiger partial charge in [0.25, 0.3) is 0 Å². The van der Waals surface area contributed by atoms with Crippen molar-refractivity contribution < 1.29 is 0 Å². The molecule has 3 fully saturated rings. The third kappa shape index (κ3) is 2.80. The van der Waals surface area contributed by atoms with Crippen LogP contribution in [0.4, 0.5) is 5.69 Å². The van der Waals surface area contributed by atoms with E-state index in [1.54, 1.807) is 0 Å². The van der Waals surface area contributed by atoms with E-state index in [1.165, 1.54) is 51.0 Å². The highest BCUT2D eigenvalue weighted by Gasteiger charge is 2.40.